The fourth-order valence-corrected chi connectivity index (χ4v) is 4.08. The van der Waals surface area contributed by atoms with Crippen LogP contribution in [-0.2, 0) is 6.42 Å². The van der Waals surface area contributed by atoms with Gasteiger partial charge in [0.05, 0.1) is 0 Å². The van der Waals surface area contributed by atoms with Crippen LogP contribution in [0.2, 0.25) is 0 Å². The molecule has 0 bridgehead atoms. The number of phenolic OH excluding ortho intramolecular Hbond substituents is 1. The maximum Gasteiger partial charge on any atom is 0.124 e. The predicted molar refractivity (Wildman–Crippen MR) is 112 cm³/mol. The summed E-state index contributed by atoms with van der Waals surface area (Å²) in [7, 11) is 0. The van der Waals surface area contributed by atoms with Gasteiger partial charge in [-0.1, -0.05) is 66.6 Å². The lowest BCUT2D eigenvalue weighted by Crippen LogP contribution is -1.95. The van der Waals surface area contributed by atoms with Crippen LogP contribution in [0, 0.1) is 20.8 Å². The molecule has 26 heavy (non-hydrogen) atoms. The molecule has 0 saturated carbocycles. The van der Waals surface area contributed by atoms with E-state index in [0.717, 1.165) is 22.9 Å². The van der Waals surface area contributed by atoms with E-state index in [4.69, 9.17) is 0 Å². The number of aromatic hydroxyl groups is 1. The Labute approximate surface area is 154 Å². The average molecular weight is 340 g/mol. The Morgan fingerprint density at radius 1 is 0.692 bits per heavy atom. The first-order valence-corrected chi connectivity index (χ1v) is 9.25. The normalized spacial score (nSPS) is 11.4. The third-order valence-electron chi connectivity index (χ3n) is 5.45. The molecule has 0 aromatic heterocycles. The molecule has 130 valence electrons. The van der Waals surface area contributed by atoms with Gasteiger partial charge in [-0.2, -0.15) is 0 Å². The van der Waals surface area contributed by atoms with Crippen LogP contribution in [0.15, 0.2) is 54.6 Å². The molecule has 0 radical (unpaired) electrons. The van der Waals surface area contributed by atoms with Gasteiger partial charge in [0.25, 0.3) is 0 Å². The van der Waals surface area contributed by atoms with Crippen molar-refractivity contribution in [1.29, 1.82) is 0 Å². The molecule has 0 spiro atoms. The highest BCUT2D eigenvalue weighted by atomic mass is 16.3. The molecule has 1 heteroatoms. The van der Waals surface area contributed by atoms with Gasteiger partial charge in [-0.05, 0) is 71.5 Å². The number of hydrogen-bond donors (Lipinski definition) is 1. The molecule has 1 nitrogen and oxygen atoms in total. The lowest BCUT2D eigenvalue weighted by molar-refractivity contribution is 0.478. The van der Waals surface area contributed by atoms with Gasteiger partial charge >= 0.3 is 0 Å². The monoisotopic (exact) mass is 340 g/mol. The van der Waals surface area contributed by atoms with E-state index in [1.54, 1.807) is 0 Å². The van der Waals surface area contributed by atoms with E-state index < -0.39 is 0 Å². The first-order valence-electron chi connectivity index (χ1n) is 9.25. The van der Waals surface area contributed by atoms with Crippen LogP contribution in [-0.4, -0.2) is 5.11 Å². The van der Waals surface area contributed by atoms with Crippen molar-refractivity contribution in [2.24, 2.45) is 0 Å². The third kappa shape index (κ3) is 2.55. The topological polar surface area (TPSA) is 20.2 Å². The van der Waals surface area contributed by atoms with Gasteiger partial charge in [0.1, 0.15) is 5.75 Å². The van der Waals surface area contributed by atoms with Crippen LogP contribution in [0.1, 0.15) is 29.2 Å². The van der Waals surface area contributed by atoms with Crippen molar-refractivity contribution in [3.8, 4) is 16.9 Å². The quantitative estimate of drug-likeness (QED) is 0.423. The summed E-state index contributed by atoms with van der Waals surface area (Å²) in [5.74, 6) is 0.347. The number of aryl methyl sites for hydroxylation is 3. The first-order chi connectivity index (χ1) is 12.5. The second kappa shape index (κ2) is 6.17. The number of hydrogen-bond acceptors (Lipinski definition) is 1. The van der Waals surface area contributed by atoms with Gasteiger partial charge in [-0.3, -0.25) is 0 Å². The van der Waals surface area contributed by atoms with Crippen molar-refractivity contribution >= 4 is 21.5 Å². The van der Waals surface area contributed by atoms with E-state index >= 15 is 0 Å². The van der Waals surface area contributed by atoms with Crippen LogP contribution >= 0.6 is 0 Å². The minimum atomic E-state index is 0.347. The zero-order valence-corrected chi connectivity index (χ0v) is 15.9. The summed E-state index contributed by atoms with van der Waals surface area (Å²) in [6.45, 7) is 8.61. The minimum absolute atomic E-state index is 0.347. The van der Waals surface area contributed by atoms with Gasteiger partial charge in [0, 0.05) is 5.56 Å². The molecule has 0 saturated heterocycles. The molecule has 0 unspecified atom stereocenters. The molecule has 1 N–H and O–H groups in total. The van der Waals surface area contributed by atoms with Crippen LogP contribution < -0.4 is 0 Å². The molecular formula is C25H24O. The smallest absolute Gasteiger partial charge is 0.124 e. The Morgan fingerprint density at radius 3 is 1.96 bits per heavy atom. The van der Waals surface area contributed by atoms with E-state index in [1.807, 2.05) is 12.1 Å². The molecule has 4 aromatic rings. The molecule has 0 aliphatic heterocycles. The summed E-state index contributed by atoms with van der Waals surface area (Å²) in [5, 5.41) is 15.5. The zero-order valence-electron chi connectivity index (χ0n) is 15.9. The minimum Gasteiger partial charge on any atom is -0.507 e. The molecule has 4 rings (SSSR count). The molecule has 0 heterocycles. The molecular weight excluding hydrogens is 316 g/mol. The third-order valence-corrected chi connectivity index (χ3v) is 5.45. The van der Waals surface area contributed by atoms with E-state index in [9.17, 15) is 5.11 Å². The van der Waals surface area contributed by atoms with E-state index in [0.29, 0.717) is 5.75 Å². The second-order valence-corrected chi connectivity index (χ2v) is 7.30. The molecule has 0 aliphatic carbocycles. The lowest BCUT2D eigenvalue weighted by Gasteiger charge is -2.18. The zero-order chi connectivity index (χ0) is 18.4. The van der Waals surface area contributed by atoms with Crippen molar-refractivity contribution in [2.45, 2.75) is 34.1 Å². The predicted octanol–water partition coefficient (Wildman–Crippen LogP) is 6.85. The van der Waals surface area contributed by atoms with Crippen molar-refractivity contribution in [2.75, 3.05) is 0 Å². The Kier molecular flexibility index (Phi) is 3.96. The van der Waals surface area contributed by atoms with Crippen LogP contribution in [0.3, 0.4) is 0 Å². The van der Waals surface area contributed by atoms with E-state index in [-0.39, 0.29) is 0 Å². The number of phenols is 1. The van der Waals surface area contributed by atoms with Gasteiger partial charge in [-0.25, -0.2) is 0 Å². The van der Waals surface area contributed by atoms with Gasteiger partial charge in [-0.15, -0.1) is 0 Å². The molecule has 4 aromatic carbocycles. The SMILES string of the molecule is CCc1cc2cc(C)ccc2c(-c2c(O)ccc3cc(C)ccc23)c1C. The maximum atomic E-state index is 10.8. The highest BCUT2D eigenvalue weighted by Crippen LogP contribution is 2.43. The fraction of sp³-hybridized carbons (Fsp3) is 0.200. The first kappa shape index (κ1) is 16.7. The van der Waals surface area contributed by atoms with E-state index in [2.05, 4.69) is 70.2 Å². The summed E-state index contributed by atoms with van der Waals surface area (Å²) >= 11 is 0. The average Bonchev–Trinajstić information content (AvgIpc) is 2.62. The maximum absolute atomic E-state index is 10.8. The molecule has 0 atom stereocenters. The van der Waals surface area contributed by atoms with Gasteiger partial charge in [0.15, 0.2) is 0 Å². The van der Waals surface area contributed by atoms with Crippen molar-refractivity contribution < 1.29 is 5.11 Å². The largest absolute Gasteiger partial charge is 0.507 e. The molecule has 0 amide bonds. The van der Waals surface area contributed by atoms with Crippen LogP contribution in [0.5, 0.6) is 5.75 Å². The standard InChI is InChI=1S/C25H24O/c1-5-18-14-20-13-16(3)7-10-22(20)24(17(18)4)25-21-9-6-15(2)12-19(21)8-11-23(25)26/h6-14,26H,5H2,1-4H3. The summed E-state index contributed by atoms with van der Waals surface area (Å²) in [6.07, 6.45) is 0.980. The number of benzene rings is 4. The van der Waals surface area contributed by atoms with Crippen LogP contribution in [0.4, 0.5) is 0 Å². The van der Waals surface area contributed by atoms with Crippen molar-refractivity contribution in [3.63, 3.8) is 0 Å². The van der Waals surface area contributed by atoms with Crippen LogP contribution in [0.25, 0.3) is 32.7 Å². The lowest BCUT2D eigenvalue weighted by atomic mass is 9.86. The van der Waals surface area contributed by atoms with Crippen molar-refractivity contribution in [1.82, 2.24) is 0 Å². The Bertz CT molecular complexity index is 1150. The Morgan fingerprint density at radius 2 is 1.31 bits per heavy atom. The number of rotatable bonds is 2. The molecule has 0 fully saturated rings. The van der Waals surface area contributed by atoms with Gasteiger partial charge in [0.2, 0.25) is 0 Å². The highest BCUT2D eigenvalue weighted by Gasteiger charge is 2.17. The Balaban J connectivity index is 2.20. The second-order valence-electron chi connectivity index (χ2n) is 7.30. The summed E-state index contributed by atoms with van der Waals surface area (Å²) in [5.41, 5.74) is 7.19. The summed E-state index contributed by atoms with van der Waals surface area (Å²) < 4.78 is 0. The van der Waals surface area contributed by atoms with Crippen molar-refractivity contribution in [3.05, 3.63) is 76.9 Å². The summed E-state index contributed by atoms with van der Waals surface area (Å²) in [6, 6.07) is 19.2. The highest BCUT2D eigenvalue weighted by molar-refractivity contribution is 6.09. The fourth-order valence-electron chi connectivity index (χ4n) is 4.08. The molecule has 0 aliphatic rings. The van der Waals surface area contributed by atoms with Gasteiger partial charge < -0.3 is 5.11 Å². The number of fused-ring (bicyclic) bond motifs is 2. The summed E-state index contributed by atoms with van der Waals surface area (Å²) in [4.78, 5) is 0. The van der Waals surface area contributed by atoms with E-state index in [1.165, 1.54) is 38.4 Å². The Hall–Kier alpha value is -2.80.